The van der Waals surface area contributed by atoms with Crippen LogP contribution in [0.1, 0.15) is 40.5 Å². The fourth-order valence-corrected chi connectivity index (χ4v) is 4.47. The summed E-state index contributed by atoms with van der Waals surface area (Å²) >= 11 is 0. The number of amides is 1. The van der Waals surface area contributed by atoms with Gasteiger partial charge in [-0.2, -0.15) is 5.26 Å². The predicted octanol–water partition coefficient (Wildman–Crippen LogP) is 4.80. The lowest BCUT2D eigenvalue weighted by molar-refractivity contribution is -0.111. The second-order valence-electron chi connectivity index (χ2n) is 7.88. The van der Waals surface area contributed by atoms with E-state index >= 15 is 0 Å². The summed E-state index contributed by atoms with van der Waals surface area (Å²) in [5, 5.41) is 13.6. The van der Waals surface area contributed by atoms with Gasteiger partial charge >= 0.3 is 0 Å². The second kappa shape index (κ2) is 8.12. The molecule has 0 spiro atoms. The molecule has 0 bridgehead atoms. The Morgan fingerprint density at radius 1 is 1.19 bits per heavy atom. The molecule has 5 rings (SSSR count). The van der Waals surface area contributed by atoms with Gasteiger partial charge in [0.1, 0.15) is 11.7 Å². The lowest BCUT2D eigenvalue weighted by Crippen LogP contribution is -2.11. The van der Waals surface area contributed by atoms with E-state index in [-0.39, 0.29) is 11.9 Å². The van der Waals surface area contributed by atoms with Gasteiger partial charge in [-0.15, -0.1) is 0 Å². The summed E-state index contributed by atoms with van der Waals surface area (Å²) in [7, 11) is 0. The molecule has 0 fully saturated rings. The molecule has 4 aromatic rings. The van der Waals surface area contributed by atoms with Gasteiger partial charge in [0, 0.05) is 35.2 Å². The summed E-state index contributed by atoms with van der Waals surface area (Å²) in [4.78, 5) is 21.3. The molecule has 1 aliphatic rings. The Labute approximate surface area is 185 Å². The van der Waals surface area contributed by atoms with Crippen LogP contribution in [0.15, 0.2) is 67.0 Å². The Balaban J connectivity index is 1.63. The fraction of sp³-hybridized carbons (Fsp3) is 0.154. The normalized spacial score (nSPS) is 15.1. The highest BCUT2D eigenvalue weighted by Crippen LogP contribution is 2.39. The highest BCUT2D eigenvalue weighted by atomic mass is 16.1. The third-order valence-corrected chi connectivity index (χ3v) is 5.89. The maximum atomic E-state index is 12.6. The van der Waals surface area contributed by atoms with Crippen molar-refractivity contribution in [1.82, 2.24) is 14.5 Å². The molecule has 32 heavy (non-hydrogen) atoms. The van der Waals surface area contributed by atoms with Crippen LogP contribution in [-0.4, -0.2) is 20.4 Å². The Hall–Kier alpha value is -4.24. The first-order valence-electron chi connectivity index (χ1n) is 10.5. The summed E-state index contributed by atoms with van der Waals surface area (Å²) in [6.07, 6.45) is 8.34. The minimum Gasteiger partial charge on any atom is -0.322 e. The number of pyridine rings is 2. The van der Waals surface area contributed by atoms with E-state index < -0.39 is 0 Å². The molecule has 1 aromatic carbocycles. The number of aryl methyl sites for hydroxylation is 2. The van der Waals surface area contributed by atoms with Crippen LogP contribution in [0.5, 0.6) is 0 Å². The first-order valence-corrected chi connectivity index (χ1v) is 10.5. The molecule has 156 valence electrons. The first-order chi connectivity index (χ1) is 15.7. The maximum Gasteiger partial charge on any atom is 0.248 e. The van der Waals surface area contributed by atoms with Crippen molar-refractivity contribution in [2.24, 2.45) is 0 Å². The number of fused-ring (bicyclic) bond motifs is 2. The number of rotatable bonds is 4. The second-order valence-corrected chi connectivity index (χ2v) is 7.88. The van der Waals surface area contributed by atoms with Crippen LogP contribution in [0.4, 0.5) is 5.69 Å². The highest BCUT2D eigenvalue weighted by Gasteiger charge is 2.29. The van der Waals surface area contributed by atoms with E-state index in [0.29, 0.717) is 16.9 Å². The number of nitriles is 1. The van der Waals surface area contributed by atoms with E-state index in [9.17, 15) is 10.1 Å². The molecule has 6 nitrogen and oxygen atoms in total. The van der Waals surface area contributed by atoms with Crippen LogP contribution in [-0.2, 0) is 11.2 Å². The van der Waals surface area contributed by atoms with Crippen LogP contribution in [0.3, 0.4) is 0 Å². The van der Waals surface area contributed by atoms with Crippen molar-refractivity contribution in [3.63, 3.8) is 0 Å². The monoisotopic (exact) mass is 419 g/mol. The summed E-state index contributed by atoms with van der Waals surface area (Å²) in [6, 6.07) is 18.1. The van der Waals surface area contributed by atoms with Crippen molar-refractivity contribution in [1.29, 1.82) is 5.26 Å². The Bertz CT molecular complexity index is 1400. The van der Waals surface area contributed by atoms with Crippen LogP contribution < -0.4 is 5.32 Å². The minimum atomic E-state index is -0.271. The highest BCUT2D eigenvalue weighted by molar-refractivity contribution is 6.02. The van der Waals surface area contributed by atoms with E-state index in [4.69, 9.17) is 4.98 Å². The zero-order valence-corrected chi connectivity index (χ0v) is 17.6. The summed E-state index contributed by atoms with van der Waals surface area (Å²) < 4.78 is 2.13. The largest absolute Gasteiger partial charge is 0.322 e. The average molecular weight is 419 g/mol. The molecule has 1 unspecified atom stereocenters. The van der Waals surface area contributed by atoms with Crippen molar-refractivity contribution in [3.05, 3.63) is 95.1 Å². The number of hydrogen-bond acceptors (Lipinski definition) is 4. The van der Waals surface area contributed by atoms with Crippen LogP contribution in [0.2, 0.25) is 0 Å². The van der Waals surface area contributed by atoms with Gasteiger partial charge in [-0.05, 0) is 61.2 Å². The number of nitrogens with zero attached hydrogens (tertiary/aromatic N) is 4. The van der Waals surface area contributed by atoms with Gasteiger partial charge in [-0.1, -0.05) is 24.3 Å². The zero-order valence-electron chi connectivity index (χ0n) is 17.6. The summed E-state index contributed by atoms with van der Waals surface area (Å²) in [6.45, 7) is 1.95. The standard InChI is InChI=1S/C26H21N5O/c1-17-6-8-21-22(16-27)24(10-11-25(32)30-19-12-14-28-15-13-19)31(26(21)29-17)23-9-7-18-4-2-3-5-20(18)23/h2-6,8,10-15,23H,7,9H2,1H3,(H,28,30,32)/b11-10+. The van der Waals surface area contributed by atoms with Gasteiger partial charge < -0.3 is 9.88 Å². The summed E-state index contributed by atoms with van der Waals surface area (Å²) in [5.41, 5.74) is 6.12. The molecule has 3 aromatic heterocycles. The van der Waals surface area contributed by atoms with Gasteiger partial charge in [0.05, 0.1) is 17.3 Å². The van der Waals surface area contributed by atoms with Gasteiger partial charge in [0.15, 0.2) is 0 Å². The molecule has 0 saturated heterocycles. The smallest absolute Gasteiger partial charge is 0.248 e. The Kier molecular flexibility index (Phi) is 5.00. The fourth-order valence-electron chi connectivity index (χ4n) is 4.47. The molecule has 1 atom stereocenters. The SMILES string of the molecule is Cc1ccc2c(C#N)c(/C=C/C(=O)Nc3ccncc3)n(C3CCc4ccccc43)c2n1. The molecule has 1 aliphatic carbocycles. The molecule has 1 N–H and O–H groups in total. The van der Waals surface area contributed by atoms with E-state index in [1.165, 1.54) is 17.2 Å². The van der Waals surface area contributed by atoms with Gasteiger partial charge in [0.2, 0.25) is 5.91 Å². The number of benzene rings is 1. The van der Waals surface area contributed by atoms with Crippen molar-refractivity contribution in [2.75, 3.05) is 5.32 Å². The molecule has 0 aliphatic heterocycles. The minimum absolute atomic E-state index is 0.0630. The number of aromatic nitrogens is 3. The van der Waals surface area contributed by atoms with Gasteiger partial charge in [-0.3, -0.25) is 9.78 Å². The number of carbonyl (C=O) groups is 1. The van der Waals surface area contributed by atoms with Crippen LogP contribution in [0, 0.1) is 18.3 Å². The first kappa shape index (κ1) is 19.7. The van der Waals surface area contributed by atoms with Crippen LogP contribution in [0.25, 0.3) is 17.1 Å². The molecule has 0 saturated carbocycles. The molecule has 3 heterocycles. The molecular formula is C26H21N5O. The zero-order chi connectivity index (χ0) is 22.1. The van der Waals surface area contributed by atoms with Crippen molar-refractivity contribution in [3.8, 4) is 6.07 Å². The van der Waals surface area contributed by atoms with E-state index in [1.807, 2.05) is 25.1 Å². The lowest BCUT2D eigenvalue weighted by Gasteiger charge is -2.18. The number of carbonyl (C=O) groups excluding carboxylic acids is 1. The summed E-state index contributed by atoms with van der Waals surface area (Å²) in [5.74, 6) is -0.271. The Morgan fingerprint density at radius 2 is 2.00 bits per heavy atom. The maximum absolute atomic E-state index is 12.6. The van der Waals surface area contributed by atoms with Gasteiger partial charge in [0.25, 0.3) is 0 Å². The topological polar surface area (TPSA) is 83.6 Å². The van der Waals surface area contributed by atoms with E-state index in [0.717, 1.165) is 29.6 Å². The van der Waals surface area contributed by atoms with Crippen molar-refractivity contribution < 1.29 is 4.79 Å². The number of anilines is 1. The third-order valence-electron chi connectivity index (χ3n) is 5.89. The number of nitrogens with one attached hydrogen (secondary N) is 1. The molecular weight excluding hydrogens is 398 g/mol. The molecule has 6 heteroatoms. The predicted molar refractivity (Wildman–Crippen MR) is 124 cm³/mol. The average Bonchev–Trinajstić information content (AvgIpc) is 3.36. The third kappa shape index (κ3) is 3.44. The quantitative estimate of drug-likeness (QED) is 0.482. The van der Waals surface area contributed by atoms with Crippen LogP contribution >= 0.6 is 0 Å². The van der Waals surface area contributed by atoms with Gasteiger partial charge in [-0.25, -0.2) is 4.98 Å². The molecule has 1 amide bonds. The van der Waals surface area contributed by atoms with E-state index in [1.54, 1.807) is 30.6 Å². The van der Waals surface area contributed by atoms with Crippen molar-refractivity contribution >= 4 is 28.7 Å². The van der Waals surface area contributed by atoms with Crippen molar-refractivity contribution in [2.45, 2.75) is 25.8 Å². The molecule has 0 radical (unpaired) electrons. The number of hydrogen-bond donors (Lipinski definition) is 1. The lowest BCUT2D eigenvalue weighted by atomic mass is 10.1. The Morgan fingerprint density at radius 3 is 2.81 bits per heavy atom. The van der Waals surface area contributed by atoms with E-state index in [2.05, 4.69) is 39.1 Å².